The monoisotopic (exact) mass is 276 g/mol. The minimum Gasteiger partial charge on any atom is -0.413 e. The minimum absolute atomic E-state index is 0.429. The van der Waals surface area contributed by atoms with E-state index in [0.29, 0.717) is 5.75 Å². The molecule has 3 nitrogen and oxygen atoms in total. The first kappa shape index (κ1) is 14.6. The quantitative estimate of drug-likeness (QED) is 0.788. The third-order valence-electron chi connectivity index (χ3n) is 2.46. The maximum Gasteiger partial charge on any atom is 0.474 e. The van der Waals surface area contributed by atoms with E-state index in [4.69, 9.17) is 20.7 Å². The highest BCUT2D eigenvalue weighted by Gasteiger charge is 2.19. The van der Waals surface area contributed by atoms with Crippen LogP contribution in [0.4, 0.5) is 0 Å². The Morgan fingerprint density at radius 1 is 1.29 bits per heavy atom. The second kappa shape index (κ2) is 6.44. The van der Waals surface area contributed by atoms with Gasteiger partial charge in [0.1, 0.15) is 5.75 Å². The fourth-order valence-corrected chi connectivity index (χ4v) is 2.49. The van der Waals surface area contributed by atoms with E-state index in [9.17, 15) is 4.57 Å². The summed E-state index contributed by atoms with van der Waals surface area (Å²) in [5, 5.41) is 0. The van der Waals surface area contributed by atoms with Gasteiger partial charge in [0.2, 0.25) is 0 Å². The molecule has 0 heterocycles. The number of aryl methyl sites for hydroxylation is 1. The van der Waals surface area contributed by atoms with E-state index in [1.165, 1.54) is 0 Å². The maximum absolute atomic E-state index is 11.1. The van der Waals surface area contributed by atoms with Gasteiger partial charge in [-0.2, -0.15) is 0 Å². The summed E-state index contributed by atoms with van der Waals surface area (Å²) in [5.41, 5.74) is 2.16. The average molecular weight is 277 g/mol. The van der Waals surface area contributed by atoms with Crippen LogP contribution < -0.4 is 4.52 Å². The van der Waals surface area contributed by atoms with Crippen LogP contribution in [0.5, 0.6) is 5.75 Å². The second-order valence-electron chi connectivity index (χ2n) is 3.94. The van der Waals surface area contributed by atoms with Gasteiger partial charge in [0.15, 0.2) is 0 Å². The summed E-state index contributed by atoms with van der Waals surface area (Å²) in [4.78, 5) is 9.08. The summed E-state index contributed by atoms with van der Waals surface area (Å²) in [6, 6.07) is 5.54. The Kier molecular flexibility index (Phi) is 5.51. The molecule has 1 aromatic rings. The molecule has 17 heavy (non-hydrogen) atoms. The SMILES string of the molecule is CCCc1cccc(OP(=O)(O)Cl)c1CCC. The molecule has 1 unspecified atom stereocenters. The van der Waals surface area contributed by atoms with Gasteiger partial charge in [0.05, 0.1) is 0 Å². The number of halogens is 1. The van der Waals surface area contributed by atoms with Gasteiger partial charge in [0.25, 0.3) is 0 Å². The Morgan fingerprint density at radius 2 is 1.94 bits per heavy atom. The van der Waals surface area contributed by atoms with E-state index < -0.39 is 6.95 Å². The van der Waals surface area contributed by atoms with Crippen molar-refractivity contribution in [2.24, 2.45) is 0 Å². The molecule has 96 valence electrons. The molecule has 5 heteroatoms. The molecule has 0 saturated heterocycles. The number of rotatable bonds is 6. The van der Waals surface area contributed by atoms with E-state index in [-0.39, 0.29) is 0 Å². The lowest BCUT2D eigenvalue weighted by atomic mass is 9.99. The Hall–Kier alpha value is -0.500. The largest absolute Gasteiger partial charge is 0.474 e. The van der Waals surface area contributed by atoms with Crippen molar-refractivity contribution in [1.29, 1.82) is 0 Å². The van der Waals surface area contributed by atoms with Gasteiger partial charge >= 0.3 is 6.95 Å². The van der Waals surface area contributed by atoms with Gasteiger partial charge in [-0.1, -0.05) is 38.8 Å². The van der Waals surface area contributed by atoms with Crippen LogP contribution in [0.3, 0.4) is 0 Å². The highest BCUT2D eigenvalue weighted by atomic mass is 35.7. The molecular weight excluding hydrogens is 259 g/mol. The molecule has 1 aromatic carbocycles. The predicted octanol–water partition coefficient (Wildman–Crippen LogP) is 4.31. The number of hydrogen-bond donors (Lipinski definition) is 1. The summed E-state index contributed by atoms with van der Waals surface area (Å²) in [5.74, 6) is 0.429. The zero-order chi connectivity index (χ0) is 12.9. The number of benzene rings is 1. The molecule has 1 rings (SSSR count). The molecule has 0 fully saturated rings. The molecule has 0 spiro atoms. The van der Waals surface area contributed by atoms with Gasteiger partial charge in [0, 0.05) is 11.2 Å². The Balaban J connectivity index is 3.10. The van der Waals surface area contributed by atoms with Gasteiger partial charge in [-0.3, -0.25) is 0 Å². The van der Waals surface area contributed by atoms with Gasteiger partial charge in [-0.25, -0.2) is 4.57 Å². The fraction of sp³-hybridized carbons (Fsp3) is 0.500. The van der Waals surface area contributed by atoms with Crippen molar-refractivity contribution in [3.63, 3.8) is 0 Å². The van der Waals surface area contributed by atoms with Crippen LogP contribution in [0.1, 0.15) is 37.8 Å². The van der Waals surface area contributed by atoms with E-state index in [2.05, 4.69) is 13.8 Å². The lowest BCUT2D eigenvalue weighted by Crippen LogP contribution is -1.98. The summed E-state index contributed by atoms with van der Waals surface area (Å²) in [7, 11) is 0. The zero-order valence-electron chi connectivity index (χ0n) is 10.1. The van der Waals surface area contributed by atoms with Crippen LogP contribution in [0.2, 0.25) is 0 Å². The van der Waals surface area contributed by atoms with Gasteiger partial charge in [-0.05, 0) is 30.0 Å². The fourth-order valence-electron chi connectivity index (χ4n) is 1.86. The van der Waals surface area contributed by atoms with Crippen molar-refractivity contribution in [2.75, 3.05) is 0 Å². The summed E-state index contributed by atoms with van der Waals surface area (Å²) in [6.45, 7) is 0.155. The first-order chi connectivity index (χ1) is 7.98. The normalized spacial score (nSPS) is 14.4. The van der Waals surface area contributed by atoms with Crippen LogP contribution in [0, 0.1) is 0 Å². The van der Waals surface area contributed by atoms with Crippen molar-refractivity contribution in [2.45, 2.75) is 39.5 Å². The van der Waals surface area contributed by atoms with Gasteiger partial charge < -0.3 is 9.42 Å². The lowest BCUT2D eigenvalue weighted by Gasteiger charge is -2.15. The van der Waals surface area contributed by atoms with E-state index in [0.717, 1.165) is 36.8 Å². The highest BCUT2D eigenvalue weighted by Crippen LogP contribution is 2.48. The molecule has 0 aliphatic heterocycles. The van der Waals surface area contributed by atoms with Crippen molar-refractivity contribution in [1.82, 2.24) is 0 Å². The van der Waals surface area contributed by atoms with Crippen LogP contribution in [-0.4, -0.2) is 4.89 Å². The minimum atomic E-state index is -4.00. The van der Waals surface area contributed by atoms with E-state index in [1.54, 1.807) is 6.07 Å². The van der Waals surface area contributed by atoms with Crippen molar-refractivity contribution in [3.8, 4) is 5.75 Å². The van der Waals surface area contributed by atoms with Crippen LogP contribution >= 0.6 is 18.2 Å². The Bertz CT molecular complexity index is 414. The summed E-state index contributed by atoms with van der Waals surface area (Å²) in [6.07, 6.45) is 3.74. The highest BCUT2D eigenvalue weighted by molar-refractivity contribution is 7.80. The summed E-state index contributed by atoms with van der Waals surface area (Å²) < 4.78 is 16.1. The molecule has 0 aliphatic carbocycles. The average Bonchev–Trinajstić information content (AvgIpc) is 2.21. The van der Waals surface area contributed by atoms with E-state index >= 15 is 0 Å². The first-order valence-corrected chi connectivity index (χ1v) is 8.29. The first-order valence-electron chi connectivity index (χ1n) is 5.80. The third kappa shape index (κ3) is 4.71. The molecule has 0 radical (unpaired) electrons. The van der Waals surface area contributed by atoms with Crippen molar-refractivity contribution in [3.05, 3.63) is 29.3 Å². The molecule has 0 aromatic heterocycles. The Labute approximate surface area is 107 Å². The molecule has 1 N–H and O–H groups in total. The molecule has 0 aliphatic rings. The number of hydrogen-bond acceptors (Lipinski definition) is 2. The Morgan fingerprint density at radius 3 is 2.47 bits per heavy atom. The second-order valence-corrected chi connectivity index (χ2v) is 6.30. The zero-order valence-corrected chi connectivity index (χ0v) is 11.8. The van der Waals surface area contributed by atoms with Crippen LogP contribution in [0.15, 0.2) is 18.2 Å². The molecule has 0 amide bonds. The predicted molar refractivity (Wildman–Crippen MR) is 70.7 cm³/mol. The van der Waals surface area contributed by atoms with Gasteiger partial charge in [-0.15, -0.1) is 0 Å². The molecule has 0 saturated carbocycles. The molecule has 0 bridgehead atoms. The third-order valence-corrected chi connectivity index (χ3v) is 3.09. The standard InChI is InChI=1S/C12H18ClO3P/c1-3-6-10-8-5-9-12(11(10)7-4-2)16-17(13,14)15/h5,8-9H,3-4,6-7H2,1-2H3,(H,14,15). The smallest absolute Gasteiger partial charge is 0.413 e. The van der Waals surface area contributed by atoms with Crippen LogP contribution in [-0.2, 0) is 17.4 Å². The summed E-state index contributed by atoms with van der Waals surface area (Å²) >= 11 is 5.26. The van der Waals surface area contributed by atoms with E-state index in [1.807, 2.05) is 12.1 Å². The van der Waals surface area contributed by atoms with Crippen molar-refractivity contribution >= 4 is 18.2 Å². The van der Waals surface area contributed by atoms with Crippen LogP contribution in [0.25, 0.3) is 0 Å². The molecule has 1 atom stereocenters. The van der Waals surface area contributed by atoms with Crippen molar-refractivity contribution < 1.29 is 14.0 Å². The topological polar surface area (TPSA) is 46.5 Å². The molecular formula is C12H18ClO3P. The maximum atomic E-state index is 11.1. The lowest BCUT2D eigenvalue weighted by molar-refractivity contribution is 0.398.